The van der Waals surface area contributed by atoms with Gasteiger partial charge in [0.25, 0.3) is 0 Å². The molecule has 0 aromatic carbocycles. The minimum Gasteiger partial charge on any atom is -0.356 e. The monoisotopic (exact) mass is 251 g/mol. The highest BCUT2D eigenvalue weighted by molar-refractivity contribution is 7.10. The molecule has 4 heteroatoms. The van der Waals surface area contributed by atoms with E-state index < -0.39 is 0 Å². The molecule has 17 heavy (non-hydrogen) atoms. The van der Waals surface area contributed by atoms with Gasteiger partial charge in [0.15, 0.2) is 5.96 Å². The smallest absolute Gasteiger partial charge is 0.191 e. The second-order valence-electron chi connectivity index (χ2n) is 4.46. The Hall–Kier alpha value is -1.29. The Labute approximate surface area is 108 Å². The molecule has 0 radical (unpaired) electrons. The molecular formula is C13H21N3S. The third-order valence-corrected chi connectivity index (χ3v) is 3.76. The zero-order valence-corrected chi connectivity index (χ0v) is 11.6. The molecule has 0 aliphatic heterocycles. The molecule has 0 aliphatic rings. The fourth-order valence-corrected chi connectivity index (χ4v) is 2.30. The molecule has 0 spiro atoms. The summed E-state index contributed by atoms with van der Waals surface area (Å²) in [5, 5.41) is 8.60. The summed E-state index contributed by atoms with van der Waals surface area (Å²) in [6.45, 7) is 9.70. The SMILES string of the molecule is C=CCNC(=NC)NCC(C)(C)c1cccs1. The van der Waals surface area contributed by atoms with Gasteiger partial charge in [0.05, 0.1) is 0 Å². The van der Waals surface area contributed by atoms with Crippen LogP contribution < -0.4 is 10.6 Å². The largest absolute Gasteiger partial charge is 0.356 e. The van der Waals surface area contributed by atoms with Gasteiger partial charge >= 0.3 is 0 Å². The van der Waals surface area contributed by atoms with Crippen LogP contribution in [0.4, 0.5) is 0 Å². The van der Waals surface area contributed by atoms with Crippen LogP contribution in [0, 0.1) is 0 Å². The van der Waals surface area contributed by atoms with Crippen LogP contribution in [-0.2, 0) is 5.41 Å². The Morgan fingerprint density at radius 3 is 2.82 bits per heavy atom. The van der Waals surface area contributed by atoms with E-state index in [1.165, 1.54) is 4.88 Å². The second-order valence-corrected chi connectivity index (χ2v) is 5.40. The van der Waals surface area contributed by atoms with Crippen LogP contribution in [0.5, 0.6) is 0 Å². The number of hydrogen-bond acceptors (Lipinski definition) is 2. The first-order chi connectivity index (χ1) is 8.10. The number of guanidine groups is 1. The van der Waals surface area contributed by atoms with Crippen molar-refractivity contribution in [1.82, 2.24) is 10.6 Å². The first-order valence-electron chi connectivity index (χ1n) is 5.69. The van der Waals surface area contributed by atoms with Gasteiger partial charge in [-0.1, -0.05) is 26.0 Å². The van der Waals surface area contributed by atoms with Crippen molar-refractivity contribution in [1.29, 1.82) is 0 Å². The van der Waals surface area contributed by atoms with Gasteiger partial charge in [-0.2, -0.15) is 0 Å². The van der Waals surface area contributed by atoms with Crippen molar-refractivity contribution in [3.8, 4) is 0 Å². The standard InChI is InChI=1S/C13H21N3S/c1-5-8-15-12(14-4)16-10-13(2,3)11-7-6-9-17-11/h5-7,9H,1,8,10H2,2-4H3,(H2,14,15,16). The van der Waals surface area contributed by atoms with E-state index in [1.807, 2.05) is 6.08 Å². The molecule has 1 aromatic rings. The summed E-state index contributed by atoms with van der Waals surface area (Å²) in [5.41, 5.74) is 0.111. The van der Waals surface area contributed by atoms with E-state index in [0.717, 1.165) is 19.0 Å². The molecule has 1 heterocycles. The summed E-state index contributed by atoms with van der Waals surface area (Å²) < 4.78 is 0. The lowest BCUT2D eigenvalue weighted by Crippen LogP contribution is -2.43. The zero-order chi connectivity index (χ0) is 12.7. The van der Waals surface area contributed by atoms with E-state index in [9.17, 15) is 0 Å². The van der Waals surface area contributed by atoms with E-state index in [0.29, 0.717) is 0 Å². The summed E-state index contributed by atoms with van der Waals surface area (Å²) >= 11 is 1.79. The van der Waals surface area contributed by atoms with Gasteiger partial charge in [0, 0.05) is 30.4 Å². The maximum atomic E-state index is 4.16. The van der Waals surface area contributed by atoms with Crippen LogP contribution in [0.1, 0.15) is 18.7 Å². The molecule has 0 amide bonds. The van der Waals surface area contributed by atoms with Crippen LogP contribution >= 0.6 is 11.3 Å². The van der Waals surface area contributed by atoms with Gasteiger partial charge in [-0.05, 0) is 11.4 Å². The minimum atomic E-state index is 0.111. The Balaban J connectivity index is 2.51. The average molecular weight is 251 g/mol. The summed E-state index contributed by atoms with van der Waals surface area (Å²) in [5.74, 6) is 0.814. The summed E-state index contributed by atoms with van der Waals surface area (Å²) in [6.07, 6.45) is 1.82. The van der Waals surface area contributed by atoms with E-state index in [1.54, 1.807) is 18.4 Å². The quantitative estimate of drug-likeness (QED) is 0.479. The number of rotatable bonds is 5. The Morgan fingerprint density at radius 2 is 2.29 bits per heavy atom. The summed E-state index contributed by atoms with van der Waals surface area (Å²) in [4.78, 5) is 5.54. The fraction of sp³-hybridized carbons (Fsp3) is 0.462. The third-order valence-electron chi connectivity index (χ3n) is 2.52. The van der Waals surface area contributed by atoms with Gasteiger partial charge in [0.1, 0.15) is 0 Å². The van der Waals surface area contributed by atoms with E-state index >= 15 is 0 Å². The predicted octanol–water partition coefficient (Wildman–Crippen LogP) is 2.38. The van der Waals surface area contributed by atoms with E-state index in [4.69, 9.17) is 0 Å². The van der Waals surface area contributed by atoms with Crippen molar-refractivity contribution >= 4 is 17.3 Å². The molecular weight excluding hydrogens is 230 g/mol. The molecule has 0 bridgehead atoms. The maximum absolute atomic E-state index is 4.16. The highest BCUT2D eigenvalue weighted by atomic mass is 32.1. The highest BCUT2D eigenvalue weighted by Crippen LogP contribution is 2.26. The molecule has 1 rings (SSSR count). The minimum absolute atomic E-state index is 0.111. The van der Waals surface area contributed by atoms with Gasteiger partial charge in [-0.25, -0.2) is 0 Å². The summed E-state index contributed by atoms with van der Waals surface area (Å²) in [6, 6.07) is 4.26. The van der Waals surface area contributed by atoms with Gasteiger partial charge < -0.3 is 10.6 Å². The van der Waals surface area contributed by atoms with Crippen molar-refractivity contribution in [2.24, 2.45) is 4.99 Å². The van der Waals surface area contributed by atoms with E-state index in [2.05, 4.69) is 53.6 Å². The molecule has 0 unspecified atom stereocenters. The fourth-order valence-electron chi connectivity index (χ4n) is 1.44. The summed E-state index contributed by atoms with van der Waals surface area (Å²) in [7, 11) is 1.77. The molecule has 0 fully saturated rings. The average Bonchev–Trinajstić information content (AvgIpc) is 2.83. The lowest BCUT2D eigenvalue weighted by atomic mass is 9.91. The normalized spacial score (nSPS) is 12.3. The van der Waals surface area contributed by atoms with Gasteiger partial charge in [0.2, 0.25) is 0 Å². The number of nitrogens with zero attached hydrogens (tertiary/aromatic N) is 1. The maximum Gasteiger partial charge on any atom is 0.191 e. The molecule has 94 valence electrons. The van der Waals surface area contributed by atoms with Crippen molar-refractivity contribution in [3.63, 3.8) is 0 Å². The molecule has 2 N–H and O–H groups in total. The van der Waals surface area contributed by atoms with Crippen LogP contribution in [0.2, 0.25) is 0 Å². The molecule has 0 atom stereocenters. The first-order valence-corrected chi connectivity index (χ1v) is 6.57. The Morgan fingerprint density at radius 1 is 1.53 bits per heavy atom. The van der Waals surface area contributed by atoms with Crippen molar-refractivity contribution < 1.29 is 0 Å². The van der Waals surface area contributed by atoms with Crippen molar-refractivity contribution in [3.05, 3.63) is 35.0 Å². The van der Waals surface area contributed by atoms with Gasteiger partial charge in [-0.3, -0.25) is 4.99 Å². The number of hydrogen-bond donors (Lipinski definition) is 2. The van der Waals surface area contributed by atoms with Crippen LogP contribution in [0.25, 0.3) is 0 Å². The predicted molar refractivity (Wildman–Crippen MR) is 76.9 cm³/mol. The Bertz CT molecular complexity index is 366. The second kappa shape index (κ2) is 6.45. The van der Waals surface area contributed by atoms with Crippen molar-refractivity contribution in [2.75, 3.05) is 20.1 Å². The first kappa shape index (κ1) is 13.8. The van der Waals surface area contributed by atoms with E-state index in [-0.39, 0.29) is 5.41 Å². The van der Waals surface area contributed by atoms with Crippen molar-refractivity contribution in [2.45, 2.75) is 19.3 Å². The molecule has 0 saturated carbocycles. The highest BCUT2D eigenvalue weighted by Gasteiger charge is 2.21. The zero-order valence-electron chi connectivity index (χ0n) is 10.8. The number of nitrogens with one attached hydrogen (secondary N) is 2. The third kappa shape index (κ3) is 4.23. The lowest BCUT2D eigenvalue weighted by Gasteiger charge is -2.24. The number of aliphatic imine (C=N–C) groups is 1. The Kier molecular flexibility index (Phi) is 5.22. The molecule has 0 aliphatic carbocycles. The topological polar surface area (TPSA) is 36.4 Å². The van der Waals surface area contributed by atoms with Crippen LogP contribution in [-0.4, -0.2) is 26.1 Å². The van der Waals surface area contributed by atoms with Crippen LogP contribution in [0.3, 0.4) is 0 Å². The number of thiophene rings is 1. The molecule has 0 saturated heterocycles. The molecule has 1 aromatic heterocycles. The molecule has 3 nitrogen and oxygen atoms in total. The van der Waals surface area contributed by atoms with Crippen LogP contribution in [0.15, 0.2) is 35.2 Å². The van der Waals surface area contributed by atoms with Gasteiger partial charge in [-0.15, -0.1) is 17.9 Å². The lowest BCUT2D eigenvalue weighted by molar-refractivity contribution is 0.519.